The molecule has 0 aliphatic heterocycles. The Labute approximate surface area is 181 Å². The maximum atomic E-state index is 13.1. The van der Waals surface area contributed by atoms with Crippen molar-refractivity contribution in [2.24, 2.45) is 17.3 Å². The molecule has 5 rings (SSSR count). The number of anilines is 1. The standard InChI is InChI=1S/C22H28Cl2N2O3/c1-2-26(12-18(27)25-20-16(23)4-3-5-17(20)24)19(28)11-21-7-14-6-15(8-21)10-22(29,9-14)13-21/h3-5,14-15,29H,2,6-13H2,1H3,(H,25,27). The van der Waals surface area contributed by atoms with Gasteiger partial charge in [0.1, 0.15) is 0 Å². The first-order valence-corrected chi connectivity index (χ1v) is 11.2. The molecule has 4 bridgehead atoms. The summed E-state index contributed by atoms with van der Waals surface area (Å²) in [6.07, 6.45) is 6.15. The number of aliphatic hydroxyl groups is 1. The molecule has 0 radical (unpaired) electrons. The molecule has 0 heterocycles. The largest absolute Gasteiger partial charge is 0.390 e. The molecule has 4 fully saturated rings. The van der Waals surface area contributed by atoms with Gasteiger partial charge in [-0.25, -0.2) is 0 Å². The second kappa shape index (κ2) is 7.75. The summed E-state index contributed by atoms with van der Waals surface area (Å²) in [5.74, 6) is 0.738. The SMILES string of the molecule is CCN(CC(=O)Nc1c(Cl)cccc1Cl)C(=O)CC12CC3CC(CC(O)(C3)C1)C2. The van der Waals surface area contributed by atoms with Crippen molar-refractivity contribution in [2.75, 3.05) is 18.4 Å². The fourth-order valence-corrected chi connectivity index (χ4v) is 6.88. The topological polar surface area (TPSA) is 69.6 Å². The molecule has 7 heteroatoms. The van der Waals surface area contributed by atoms with Crippen molar-refractivity contribution in [3.05, 3.63) is 28.2 Å². The fraction of sp³-hybridized carbons (Fsp3) is 0.636. The van der Waals surface area contributed by atoms with Gasteiger partial charge in [-0.15, -0.1) is 0 Å². The maximum absolute atomic E-state index is 13.1. The zero-order valence-corrected chi connectivity index (χ0v) is 18.2. The van der Waals surface area contributed by atoms with E-state index in [1.54, 1.807) is 23.1 Å². The van der Waals surface area contributed by atoms with Crippen molar-refractivity contribution in [1.82, 2.24) is 4.90 Å². The van der Waals surface area contributed by atoms with E-state index in [4.69, 9.17) is 23.2 Å². The quantitative estimate of drug-likeness (QED) is 0.686. The van der Waals surface area contributed by atoms with Gasteiger partial charge < -0.3 is 15.3 Å². The number of nitrogens with one attached hydrogen (secondary N) is 1. The monoisotopic (exact) mass is 438 g/mol. The van der Waals surface area contributed by atoms with Gasteiger partial charge in [0.05, 0.1) is 27.9 Å². The van der Waals surface area contributed by atoms with E-state index in [1.165, 1.54) is 6.42 Å². The van der Waals surface area contributed by atoms with Gasteiger partial charge in [-0.05, 0) is 74.8 Å². The van der Waals surface area contributed by atoms with E-state index < -0.39 is 5.60 Å². The molecule has 2 N–H and O–H groups in total. The number of carbonyl (C=O) groups excluding carboxylic acids is 2. The summed E-state index contributed by atoms with van der Waals surface area (Å²) in [6.45, 7) is 2.29. The molecule has 4 aliphatic carbocycles. The molecule has 4 aliphatic rings. The highest BCUT2D eigenvalue weighted by Gasteiger charge is 2.57. The summed E-state index contributed by atoms with van der Waals surface area (Å²) in [6, 6.07) is 5.02. The Balaban J connectivity index is 1.40. The van der Waals surface area contributed by atoms with Crippen LogP contribution < -0.4 is 5.32 Å². The van der Waals surface area contributed by atoms with Crippen LogP contribution in [-0.4, -0.2) is 40.5 Å². The van der Waals surface area contributed by atoms with E-state index in [0.717, 1.165) is 32.1 Å². The normalized spacial score (nSPS) is 32.3. The van der Waals surface area contributed by atoms with Gasteiger partial charge in [-0.2, -0.15) is 0 Å². The second-order valence-electron chi connectivity index (χ2n) is 9.41. The zero-order chi connectivity index (χ0) is 20.8. The Kier molecular flexibility index (Phi) is 5.60. The second-order valence-corrected chi connectivity index (χ2v) is 10.2. The van der Waals surface area contributed by atoms with Gasteiger partial charge in [0.15, 0.2) is 0 Å². The van der Waals surface area contributed by atoms with Crippen LogP contribution in [0.4, 0.5) is 5.69 Å². The number of carbonyl (C=O) groups is 2. The highest BCUT2D eigenvalue weighted by atomic mass is 35.5. The number of hydrogen-bond acceptors (Lipinski definition) is 3. The van der Waals surface area contributed by atoms with Crippen LogP contribution in [0.25, 0.3) is 0 Å². The summed E-state index contributed by atoms with van der Waals surface area (Å²) in [7, 11) is 0. The lowest BCUT2D eigenvalue weighted by Gasteiger charge is -2.60. The van der Waals surface area contributed by atoms with Crippen LogP contribution in [0.3, 0.4) is 0 Å². The predicted octanol–water partition coefficient (Wildman–Crippen LogP) is 4.50. The van der Waals surface area contributed by atoms with Gasteiger partial charge in [0, 0.05) is 13.0 Å². The van der Waals surface area contributed by atoms with E-state index in [2.05, 4.69) is 5.32 Å². The third-order valence-corrected chi connectivity index (χ3v) is 7.60. The molecule has 2 unspecified atom stereocenters. The van der Waals surface area contributed by atoms with Gasteiger partial charge in [0.2, 0.25) is 11.8 Å². The van der Waals surface area contributed by atoms with Crippen molar-refractivity contribution in [1.29, 1.82) is 0 Å². The minimum atomic E-state index is -0.584. The minimum absolute atomic E-state index is 0.0153. The number of nitrogens with zero attached hydrogens (tertiary/aromatic N) is 1. The minimum Gasteiger partial charge on any atom is -0.390 e. The first-order chi connectivity index (χ1) is 13.7. The van der Waals surface area contributed by atoms with E-state index >= 15 is 0 Å². The van der Waals surface area contributed by atoms with E-state index in [9.17, 15) is 14.7 Å². The average molecular weight is 439 g/mol. The summed E-state index contributed by atoms with van der Waals surface area (Å²) < 4.78 is 0. The summed E-state index contributed by atoms with van der Waals surface area (Å²) in [5.41, 5.74) is -0.321. The lowest BCUT2D eigenvalue weighted by atomic mass is 9.47. The van der Waals surface area contributed by atoms with Gasteiger partial charge in [0.25, 0.3) is 0 Å². The van der Waals surface area contributed by atoms with E-state index in [-0.39, 0.29) is 23.8 Å². The number of likely N-dealkylation sites (N-methyl/N-ethyl adjacent to an activating group) is 1. The number of halogens is 2. The molecule has 4 saturated carbocycles. The van der Waals surface area contributed by atoms with Crippen molar-refractivity contribution in [2.45, 2.75) is 57.5 Å². The zero-order valence-electron chi connectivity index (χ0n) is 16.7. The van der Waals surface area contributed by atoms with Crippen molar-refractivity contribution in [3.63, 3.8) is 0 Å². The van der Waals surface area contributed by atoms with Crippen LogP contribution in [0.5, 0.6) is 0 Å². The Morgan fingerprint density at radius 2 is 1.79 bits per heavy atom. The smallest absolute Gasteiger partial charge is 0.244 e. The van der Waals surface area contributed by atoms with Crippen molar-refractivity contribution < 1.29 is 14.7 Å². The highest BCUT2D eigenvalue weighted by Crippen LogP contribution is 2.62. The van der Waals surface area contributed by atoms with Crippen molar-refractivity contribution in [3.8, 4) is 0 Å². The molecule has 0 spiro atoms. The number of benzene rings is 1. The van der Waals surface area contributed by atoms with Crippen LogP contribution in [0.1, 0.15) is 51.9 Å². The Bertz CT molecular complexity index is 794. The third-order valence-electron chi connectivity index (χ3n) is 6.97. The molecule has 1 aromatic carbocycles. The van der Waals surface area contributed by atoms with E-state index in [1.807, 2.05) is 6.92 Å². The Morgan fingerprint density at radius 3 is 2.34 bits per heavy atom. The van der Waals surface area contributed by atoms with Crippen LogP contribution in [-0.2, 0) is 9.59 Å². The molecule has 158 valence electrons. The first-order valence-electron chi connectivity index (χ1n) is 10.4. The maximum Gasteiger partial charge on any atom is 0.244 e. The Morgan fingerprint density at radius 1 is 1.17 bits per heavy atom. The Hall–Kier alpha value is -1.30. The van der Waals surface area contributed by atoms with Crippen LogP contribution in [0.2, 0.25) is 10.0 Å². The number of para-hydroxylation sites is 1. The molecule has 2 amide bonds. The molecule has 2 atom stereocenters. The lowest BCUT2D eigenvalue weighted by Crippen LogP contribution is -2.56. The molecule has 5 nitrogen and oxygen atoms in total. The average Bonchev–Trinajstić information content (AvgIpc) is 2.60. The predicted molar refractivity (Wildman–Crippen MR) is 114 cm³/mol. The highest BCUT2D eigenvalue weighted by molar-refractivity contribution is 6.39. The van der Waals surface area contributed by atoms with Gasteiger partial charge in [-0.3, -0.25) is 9.59 Å². The molecular weight excluding hydrogens is 411 g/mol. The summed E-state index contributed by atoms with van der Waals surface area (Å²) >= 11 is 12.2. The number of rotatable bonds is 6. The molecule has 29 heavy (non-hydrogen) atoms. The van der Waals surface area contributed by atoms with Crippen LogP contribution >= 0.6 is 23.2 Å². The molecule has 0 saturated heterocycles. The van der Waals surface area contributed by atoms with Gasteiger partial charge >= 0.3 is 0 Å². The number of amides is 2. The van der Waals surface area contributed by atoms with Crippen LogP contribution in [0.15, 0.2) is 18.2 Å². The fourth-order valence-electron chi connectivity index (χ4n) is 6.39. The molecule has 0 aromatic heterocycles. The lowest BCUT2D eigenvalue weighted by molar-refractivity contribution is -0.172. The summed E-state index contributed by atoms with van der Waals surface area (Å²) in [4.78, 5) is 27.2. The van der Waals surface area contributed by atoms with Crippen molar-refractivity contribution >= 4 is 40.7 Å². The number of hydrogen-bond donors (Lipinski definition) is 2. The van der Waals surface area contributed by atoms with E-state index in [0.29, 0.717) is 40.5 Å². The van der Waals surface area contributed by atoms with Gasteiger partial charge in [-0.1, -0.05) is 29.3 Å². The molecule has 1 aromatic rings. The first kappa shape index (κ1) is 21.0. The van der Waals surface area contributed by atoms with Crippen LogP contribution in [0, 0.1) is 17.3 Å². The third kappa shape index (κ3) is 4.28. The molecular formula is C22H28Cl2N2O3. The summed E-state index contributed by atoms with van der Waals surface area (Å²) in [5, 5.41) is 14.4.